The fraction of sp³-hybridized carbons (Fsp3) is 0.286. The number of benzene rings is 1. The zero-order valence-electron chi connectivity index (χ0n) is 10.6. The van der Waals surface area contributed by atoms with Crippen molar-refractivity contribution in [3.8, 4) is 11.3 Å². The fourth-order valence-electron chi connectivity index (χ4n) is 2.13. The lowest BCUT2D eigenvalue weighted by atomic mass is 10.1. The first-order valence-electron chi connectivity index (χ1n) is 6.32. The SMILES string of the molecule is O=C(OC1CCOC1)c1cn[nH]c1-c1ccccc1Cl. The highest BCUT2D eigenvalue weighted by atomic mass is 35.5. The van der Waals surface area contributed by atoms with Crippen LogP contribution in [0.25, 0.3) is 11.3 Å². The topological polar surface area (TPSA) is 64.2 Å². The van der Waals surface area contributed by atoms with E-state index >= 15 is 0 Å². The van der Waals surface area contributed by atoms with Crippen molar-refractivity contribution in [2.24, 2.45) is 0 Å². The predicted octanol–water partition coefficient (Wildman–Crippen LogP) is 2.68. The Bertz CT molecular complexity index is 620. The number of ether oxygens (including phenoxy) is 2. The molecule has 5 nitrogen and oxygen atoms in total. The molecule has 104 valence electrons. The molecule has 6 heteroatoms. The summed E-state index contributed by atoms with van der Waals surface area (Å²) in [4.78, 5) is 12.2. The summed E-state index contributed by atoms with van der Waals surface area (Å²) < 4.78 is 10.6. The summed E-state index contributed by atoms with van der Waals surface area (Å²) in [5.41, 5.74) is 1.67. The Hall–Kier alpha value is -1.85. The molecule has 0 amide bonds. The quantitative estimate of drug-likeness (QED) is 0.883. The van der Waals surface area contributed by atoms with Crippen molar-refractivity contribution in [1.29, 1.82) is 0 Å². The predicted molar refractivity (Wildman–Crippen MR) is 73.7 cm³/mol. The lowest BCUT2D eigenvalue weighted by Gasteiger charge is -2.10. The van der Waals surface area contributed by atoms with Crippen molar-refractivity contribution in [1.82, 2.24) is 10.2 Å². The molecule has 0 saturated carbocycles. The molecule has 2 heterocycles. The smallest absolute Gasteiger partial charge is 0.342 e. The Morgan fingerprint density at radius 1 is 1.45 bits per heavy atom. The van der Waals surface area contributed by atoms with Gasteiger partial charge in [0.2, 0.25) is 0 Å². The molecular weight excluding hydrogens is 280 g/mol. The van der Waals surface area contributed by atoms with Gasteiger partial charge in [-0.15, -0.1) is 0 Å². The number of carbonyl (C=O) groups excluding carboxylic acids is 1. The van der Waals surface area contributed by atoms with E-state index in [0.717, 1.165) is 12.0 Å². The number of esters is 1. The third kappa shape index (κ3) is 2.55. The second-order valence-corrected chi connectivity index (χ2v) is 4.94. The highest BCUT2D eigenvalue weighted by molar-refractivity contribution is 6.33. The van der Waals surface area contributed by atoms with E-state index < -0.39 is 5.97 Å². The highest BCUT2D eigenvalue weighted by Gasteiger charge is 2.24. The minimum absolute atomic E-state index is 0.184. The average molecular weight is 293 g/mol. The number of nitrogens with one attached hydrogen (secondary N) is 1. The molecule has 1 fully saturated rings. The standard InChI is InChI=1S/C14H13ClN2O3/c15-12-4-2-1-3-10(12)13-11(7-16-17-13)14(18)20-9-5-6-19-8-9/h1-4,7,9H,5-6,8H2,(H,16,17). The van der Waals surface area contributed by atoms with Gasteiger partial charge in [-0.3, -0.25) is 5.10 Å². The van der Waals surface area contributed by atoms with Crippen LogP contribution in [0.1, 0.15) is 16.8 Å². The van der Waals surface area contributed by atoms with E-state index in [1.54, 1.807) is 6.07 Å². The summed E-state index contributed by atoms with van der Waals surface area (Å²) in [6.45, 7) is 1.08. The van der Waals surface area contributed by atoms with Gasteiger partial charge in [0.15, 0.2) is 0 Å². The number of rotatable bonds is 3. The number of halogens is 1. The first-order chi connectivity index (χ1) is 9.75. The number of carbonyl (C=O) groups is 1. The van der Waals surface area contributed by atoms with E-state index in [4.69, 9.17) is 21.1 Å². The Morgan fingerprint density at radius 2 is 2.30 bits per heavy atom. The number of aromatic amines is 1. The van der Waals surface area contributed by atoms with E-state index in [1.807, 2.05) is 18.2 Å². The Labute approximate surface area is 120 Å². The Kier molecular flexibility index (Phi) is 3.71. The van der Waals surface area contributed by atoms with Crippen molar-refractivity contribution in [2.45, 2.75) is 12.5 Å². The summed E-state index contributed by atoms with van der Waals surface area (Å²) >= 11 is 6.14. The van der Waals surface area contributed by atoms with E-state index in [-0.39, 0.29) is 6.10 Å². The van der Waals surface area contributed by atoms with Crippen LogP contribution in [-0.2, 0) is 9.47 Å². The van der Waals surface area contributed by atoms with Gasteiger partial charge < -0.3 is 9.47 Å². The number of nitrogens with zero attached hydrogens (tertiary/aromatic N) is 1. The van der Waals surface area contributed by atoms with Crippen LogP contribution in [0, 0.1) is 0 Å². The molecule has 1 aliphatic rings. The van der Waals surface area contributed by atoms with Gasteiger partial charge in [-0.05, 0) is 6.07 Å². The molecular formula is C14H13ClN2O3. The molecule has 3 rings (SSSR count). The second-order valence-electron chi connectivity index (χ2n) is 4.53. The summed E-state index contributed by atoms with van der Waals surface area (Å²) in [6.07, 6.45) is 2.00. The molecule has 0 aliphatic carbocycles. The monoisotopic (exact) mass is 292 g/mol. The van der Waals surface area contributed by atoms with Crippen molar-refractivity contribution in [3.05, 3.63) is 41.0 Å². The fourth-order valence-corrected chi connectivity index (χ4v) is 2.36. The minimum Gasteiger partial charge on any atom is -0.456 e. The van der Waals surface area contributed by atoms with Gasteiger partial charge >= 0.3 is 5.97 Å². The molecule has 1 aromatic carbocycles. The third-order valence-corrected chi connectivity index (χ3v) is 3.49. The maximum atomic E-state index is 12.2. The zero-order chi connectivity index (χ0) is 13.9. The van der Waals surface area contributed by atoms with Crippen LogP contribution in [0.5, 0.6) is 0 Å². The molecule has 1 unspecified atom stereocenters. The van der Waals surface area contributed by atoms with Crippen LogP contribution in [0.2, 0.25) is 5.02 Å². The molecule has 0 bridgehead atoms. The number of hydrogen-bond donors (Lipinski definition) is 1. The van der Waals surface area contributed by atoms with Gasteiger partial charge in [0.1, 0.15) is 11.7 Å². The first kappa shape index (κ1) is 13.1. The lowest BCUT2D eigenvalue weighted by molar-refractivity contribution is 0.0271. The number of aromatic nitrogens is 2. The van der Waals surface area contributed by atoms with E-state index in [9.17, 15) is 4.79 Å². The summed E-state index contributed by atoms with van der Waals surface area (Å²) in [7, 11) is 0. The minimum atomic E-state index is -0.413. The highest BCUT2D eigenvalue weighted by Crippen LogP contribution is 2.29. The molecule has 1 aromatic heterocycles. The Morgan fingerprint density at radius 3 is 3.05 bits per heavy atom. The van der Waals surface area contributed by atoms with Crippen LogP contribution in [0.15, 0.2) is 30.5 Å². The number of hydrogen-bond acceptors (Lipinski definition) is 4. The largest absolute Gasteiger partial charge is 0.456 e. The molecule has 2 aromatic rings. The summed E-state index contributed by atoms with van der Waals surface area (Å²) in [5, 5.41) is 7.27. The van der Waals surface area contributed by atoms with Gasteiger partial charge in [-0.2, -0.15) is 5.10 Å². The van der Waals surface area contributed by atoms with Crippen LogP contribution in [0.3, 0.4) is 0 Å². The average Bonchev–Trinajstić information content (AvgIpc) is 3.09. The van der Waals surface area contributed by atoms with Crippen molar-refractivity contribution in [3.63, 3.8) is 0 Å². The van der Waals surface area contributed by atoms with E-state index in [2.05, 4.69) is 10.2 Å². The lowest BCUT2D eigenvalue weighted by Crippen LogP contribution is -2.18. The molecule has 1 N–H and O–H groups in total. The van der Waals surface area contributed by atoms with Gasteiger partial charge in [-0.1, -0.05) is 29.8 Å². The van der Waals surface area contributed by atoms with Gasteiger partial charge in [0, 0.05) is 17.0 Å². The Balaban J connectivity index is 1.86. The van der Waals surface area contributed by atoms with Crippen LogP contribution >= 0.6 is 11.6 Å². The molecule has 0 radical (unpaired) electrons. The van der Waals surface area contributed by atoms with Gasteiger partial charge in [0.25, 0.3) is 0 Å². The number of H-pyrrole nitrogens is 1. The third-order valence-electron chi connectivity index (χ3n) is 3.16. The van der Waals surface area contributed by atoms with E-state index in [0.29, 0.717) is 29.5 Å². The summed E-state index contributed by atoms with van der Waals surface area (Å²) in [6, 6.07) is 7.26. The van der Waals surface area contributed by atoms with E-state index in [1.165, 1.54) is 6.20 Å². The molecule has 1 aliphatic heterocycles. The summed E-state index contributed by atoms with van der Waals surface area (Å²) in [5.74, 6) is -0.413. The van der Waals surface area contributed by atoms with Crippen LogP contribution in [0.4, 0.5) is 0 Å². The van der Waals surface area contributed by atoms with Gasteiger partial charge in [0.05, 0.1) is 25.1 Å². The van der Waals surface area contributed by atoms with Crippen molar-refractivity contribution < 1.29 is 14.3 Å². The molecule has 20 heavy (non-hydrogen) atoms. The first-order valence-corrected chi connectivity index (χ1v) is 6.70. The normalized spacial score (nSPS) is 18.1. The molecule has 1 saturated heterocycles. The van der Waals surface area contributed by atoms with Crippen LogP contribution < -0.4 is 0 Å². The second kappa shape index (κ2) is 5.64. The zero-order valence-corrected chi connectivity index (χ0v) is 11.4. The van der Waals surface area contributed by atoms with Crippen molar-refractivity contribution >= 4 is 17.6 Å². The maximum absolute atomic E-state index is 12.2. The maximum Gasteiger partial charge on any atom is 0.342 e. The van der Waals surface area contributed by atoms with Crippen LogP contribution in [-0.4, -0.2) is 35.5 Å². The molecule has 1 atom stereocenters. The van der Waals surface area contributed by atoms with Gasteiger partial charge in [-0.25, -0.2) is 4.79 Å². The van der Waals surface area contributed by atoms with Crippen molar-refractivity contribution in [2.75, 3.05) is 13.2 Å². The molecule has 0 spiro atoms.